The molecule has 0 spiro atoms. The molecule has 3 N–H and O–H groups in total. The van der Waals surface area contributed by atoms with Crippen LogP contribution >= 0.6 is 0 Å². The minimum Gasteiger partial charge on any atom is -0.383 e. The van der Waals surface area contributed by atoms with Crippen LogP contribution in [0.15, 0.2) is 60.9 Å². The van der Waals surface area contributed by atoms with E-state index < -0.39 is 11.7 Å². The Hall–Kier alpha value is -4.80. The van der Waals surface area contributed by atoms with E-state index in [0.717, 1.165) is 18.4 Å². The van der Waals surface area contributed by atoms with Gasteiger partial charge in [0, 0.05) is 30.1 Å². The number of rotatable bonds is 5. The van der Waals surface area contributed by atoms with Crippen molar-refractivity contribution in [3.63, 3.8) is 0 Å². The molecule has 0 radical (unpaired) electrons. The second kappa shape index (κ2) is 8.70. The summed E-state index contributed by atoms with van der Waals surface area (Å²) in [6.45, 7) is -0.00209. The van der Waals surface area contributed by atoms with Crippen LogP contribution in [0.4, 0.5) is 10.2 Å². The van der Waals surface area contributed by atoms with Crippen LogP contribution in [0.3, 0.4) is 0 Å². The van der Waals surface area contributed by atoms with E-state index in [1.807, 2.05) is 0 Å². The minimum atomic E-state index is -0.418. The first-order chi connectivity index (χ1) is 17.9. The van der Waals surface area contributed by atoms with Crippen LogP contribution in [-0.4, -0.2) is 41.4 Å². The molecule has 37 heavy (non-hydrogen) atoms. The molecule has 0 saturated heterocycles. The first-order valence-corrected chi connectivity index (χ1v) is 11.8. The number of aryl methyl sites for hydroxylation is 1. The van der Waals surface area contributed by atoms with Crippen molar-refractivity contribution in [1.82, 2.24) is 35.0 Å². The molecule has 186 valence electrons. The number of hydrazine groups is 1. The predicted octanol–water partition coefficient (Wildman–Crippen LogP) is 3.11. The van der Waals surface area contributed by atoms with Gasteiger partial charge in [-0.1, -0.05) is 12.1 Å². The number of nitrogens with one attached hydrogen (secondary N) is 1. The average molecular weight is 499 g/mol. The number of amides is 2. The van der Waals surface area contributed by atoms with E-state index in [-0.39, 0.29) is 24.1 Å². The van der Waals surface area contributed by atoms with E-state index in [1.165, 1.54) is 15.8 Å². The van der Waals surface area contributed by atoms with Crippen LogP contribution in [0.25, 0.3) is 27.5 Å². The lowest BCUT2D eigenvalue weighted by molar-refractivity contribution is -0.126. The number of nitrogen functional groups attached to an aromatic ring is 1. The Morgan fingerprint density at radius 3 is 2.76 bits per heavy atom. The number of para-hydroxylation sites is 1. The Kier molecular flexibility index (Phi) is 5.32. The van der Waals surface area contributed by atoms with Gasteiger partial charge in [-0.3, -0.25) is 19.7 Å². The monoisotopic (exact) mass is 498 g/mol. The van der Waals surface area contributed by atoms with Crippen molar-refractivity contribution in [2.24, 2.45) is 13.0 Å². The fraction of sp³-hybridized carbons (Fsp3) is 0.192. The first kappa shape index (κ1) is 22.7. The summed E-state index contributed by atoms with van der Waals surface area (Å²) < 4.78 is 17.3. The molecular weight excluding hydrogens is 475 g/mol. The Morgan fingerprint density at radius 1 is 1.16 bits per heavy atom. The van der Waals surface area contributed by atoms with Crippen LogP contribution < -0.4 is 11.2 Å². The molecule has 0 aliphatic heterocycles. The number of hydrogen-bond donors (Lipinski definition) is 2. The van der Waals surface area contributed by atoms with Gasteiger partial charge in [0.15, 0.2) is 0 Å². The highest BCUT2D eigenvalue weighted by molar-refractivity contribution is 6.10. The zero-order valence-corrected chi connectivity index (χ0v) is 19.9. The number of aromatic nitrogens is 5. The van der Waals surface area contributed by atoms with Gasteiger partial charge in [0.1, 0.15) is 17.3 Å². The topological polar surface area (TPSA) is 124 Å². The average Bonchev–Trinajstić information content (AvgIpc) is 3.53. The molecule has 10 nitrogen and oxygen atoms in total. The van der Waals surface area contributed by atoms with Gasteiger partial charge >= 0.3 is 0 Å². The van der Waals surface area contributed by atoms with Crippen molar-refractivity contribution in [2.75, 3.05) is 5.73 Å². The molecule has 1 aliphatic rings. The van der Waals surface area contributed by atoms with Gasteiger partial charge in [-0.2, -0.15) is 10.2 Å². The van der Waals surface area contributed by atoms with E-state index in [4.69, 9.17) is 5.73 Å². The van der Waals surface area contributed by atoms with Crippen molar-refractivity contribution in [1.29, 1.82) is 0 Å². The molecule has 11 heteroatoms. The van der Waals surface area contributed by atoms with Gasteiger partial charge < -0.3 is 5.73 Å². The lowest BCUT2D eigenvalue weighted by Gasteiger charge is -2.23. The number of anilines is 1. The second-order valence-electron chi connectivity index (χ2n) is 9.10. The first-order valence-electron chi connectivity index (χ1n) is 11.8. The SMILES string of the molecule is Cn1ncc2c(N)nc3ccc(C(=O)N(Cc4ccn(-c5ccccc5F)n4)NC(=O)C4CC4)cc3c21. The number of nitrogens with zero attached hydrogens (tertiary/aromatic N) is 6. The van der Waals surface area contributed by atoms with Gasteiger partial charge in [-0.05, 0) is 49.2 Å². The number of benzene rings is 2. The normalized spacial score (nSPS) is 13.2. The summed E-state index contributed by atoms with van der Waals surface area (Å²) >= 11 is 0. The standard InChI is InChI=1S/C26H23FN8O2/c1-33-23-18-12-16(8-9-21(18)30-24(28)19(23)13-29-33)26(37)35(32-25(36)15-6-7-15)14-17-10-11-34(31-17)22-5-3-2-4-20(22)27/h2-5,8-13,15H,6-7,14H2,1H3,(H2,28,30)(H,32,36). The van der Waals surface area contributed by atoms with Crippen LogP contribution in [0.2, 0.25) is 0 Å². The van der Waals surface area contributed by atoms with Crippen molar-refractivity contribution in [3.8, 4) is 5.69 Å². The Labute approximate surface area is 210 Å². The molecule has 3 heterocycles. The van der Waals surface area contributed by atoms with E-state index in [0.29, 0.717) is 33.4 Å². The molecule has 0 unspecified atom stereocenters. The summed E-state index contributed by atoms with van der Waals surface area (Å²) in [4.78, 5) is 30.7. The third-order valence-electron chi connectivity index (χ3n) is 6.46. The van der Waals surface area contributed by atoms with Crippen LogP contribution in [0.1, 0.15) is 28.9 Å². The molecular formula is C26H23FN8O2. The van der Waals surface area contributed by atoms with Gasteiger partial charge in [0.25, 0.3) is 5.91 Å². The molecule has 5 aromatic rings. The van der Waals surface area contributed by atoms with E-state index in [2.05, 4.69) is 20.6 Å². The number of pyridine rings is 1. The molecule has 1 saturated carbocycles. The van der Waals surface area contributed by atoms with Crippen molar-refractivity contribution in [2.45, 2.75) is 19.4 Å². The third-order valence-corrected chi connectivity index (χ3v) is 6.46. The fourth-order valence-corrected chi connectivity index (χ4v) is 4.36. The highest BCUT2D eigenvalue weighted by Gasteiger charge is 2.32. The molecule has 6 rings (SSSR count). The molecule has 2 aromatic carbocycles. The lowest BCUT2D eigenvalue weighted by atomic mass is 10.1. The zero-order chi connectivity index (χ0) is 25.7. The zero-order valence-electron chi connectivity index (χ0n) is 19.9. The van der Waals surface area contributed by atoms with Gasteiger partial charge in [-0.15, -0.1) is 0 Å². The number of halogens is 1. The molecule has 2 amide bonds. The maximum Gasteiger partial charge on any atom is 0.272 e. The van der Waals surface area contributed by atoms with Crippen LogP contribution in [0, 0.1) is 11.7 Å². The number of nitrogens with two attached hydrogens (primary N) is 1. The third kappa shape index (κ3) is 4.14. The van der Waals surface area contributed by atoms with Gasteiger partial charge in [0.2, 0.25) is 5.91 Å². The summed E-state index contributed by atoms with van der Waals surface area (Å²) in [6.07, 6.45) is 4.83. The molecule has 3 aromatic heterocycles. The quantitative estimate of drug-likeness (QED) is 0.359. The number of carbonyl (C=O) groups is 2. The number of hydrogen-bond acceptors (Lipinski definition) is 6. The van der Waals surface area contributed by atoms with E-state index in [9.17, 15) is 14.0 Å². The van der Waals surface area contributed by atoms with Crippen molar-refractivity contribution >= 4 is 39.4 Å². The minimum absolute atomic E-state index is 0.00209. The molecule has 0 atom stereocenters. The summed E-state index contributed by atoms with van der Waals surface area (Å²) in [6, 6.07) is 13.1. The molecule has 1 aliphatic carbocycles. The Balaban J connectivity index is 1.35. The molecule has 1 fully saturated rings. The highest BCUT2D eigenvalue weighted by Crippen LogP contribution is 2.30. The maximum atomic E-state index is 14.2. The number of fused-ring (bicyclic) bond motifs is 3. The van der Waals surface area contributed by atoms with Crippen LogP contribution in [-0.2, 0) is 18.4 Å². The van der Waals surface area contributed by atoms with E-state index in [1.54, 1.807) is 66.6 Å². The van der Waals surface area contributed by atoms with E-state index >= 15 is 0 Å². The lowest BCUT2D eigenvalue weighted by Crippen LogP contribution is -2.46. The smallest absolute Gasteiger partial charge is 0.272 e. The fourth-order valence-electron chi connectivity index (χ4n) is 4.36. The van der Waals surface area contributed by atoms with Crippen LogP contribution in [0.5, 0.6) is 0 Å². The van der Waals surface area contributed by atoms with Crippen molar-refractivity contribution < 1.29 is 14.0 Å². The second-order valence-corrected chi connectivity index (χ2v) is 9.10. The van der Waals surface area contributed by atoms with Gasteiger partial charge in [-0.25, -0.2) is 19.1 Å². The summed E-state index contributed by atoms with van der Waals surface area (Å²) in [5, 5.41) is 11.4. The largest absolute Gasteiger partial charge is 0.383 e. The Morgan fingerprint density at radius 2 is 1.97 bits per heavy atom. The van der Waals surface area contributed by atoms with Gasteiger partial charge in [0.05, 0.1) is 34.9 Å². The summed E-state index contributed by atoms with van der Waals surface area (Å²) in [5.41, 5.74) is 11.4. The Bertz CT molecular complexity index is 1690. The highest BCUT2D eigenvalue weighted by atomic mass is 19.1. The van der Waals surface area contributed by atoms with Crippen molar-refractivity contribution in [3.05, 3.63) is 78.0 Å². The molecule has 0 bridgehead atoms. The summed E-state index contributed by atoms with van der Waals surface area (Å²) in [5.74, 6) is -0.795. The number of carbonyl (C=O) groups excluding carboxylic acids is 2. The summed E-state index contributed by atoms with van der Waals surface area (Å²) in [7, 11) is 1.80. The predicted molar refractivity (Wildman–Crippen MR) is 135 cm³/mol. The maximum absolute atomic E-state index is 14.2.